The number of carbonyl (C=O) groups is 1. The first kappa shape index (κ1) is 20.2. The molecule has 2 aromatic rings. The maximum atomic E-state index is 12.8. The smallest absolute Gasteiger partial charge is 0.228 e. The number of hydrogen-bond acceptors (Lipinski definition) is 3. The van der Waals surface area contributed by atoms with Gasteiger partial charge >= 0.3 is 0 Å². The van der Waals surface area contributed by atoms with Crippen LogP contribution in [0.1, 0.15) is 44.1 Å². The Balaban J connectivity index is 1.30. The van der Waals surface area contributed by atoms with Crippen molar-refractivity contribution in [3.05, 3.63) is 59.1 Å². The second-order valence-electron chi connectivity index (χ2n) is 8.20. The first-order chi connectivity index (χ1) is 14.2. The van der Waals surface area contributed by atoms with E-state index in [4.69, 9.17) is 16.3 Å². The molecule has 1 saturated carbocycles. The third-order valence-corrected chi connectivity index (χ3v) is 6.32. The molecule has 0 bridgehead atoms. The number of benzene rings is 2. The lowest BCUT2D eigenvalue weighted by molar-refractivity contribution is -0.121. The van der Waals surface area contributed by atoms with E-state index < -0.39 is 0 Å². The van der Waals surface area contributed by atoms with E-state index in [0.29, 0.717) is 6.10 Å². The molecular weight excluding hydrogens is 384 g/mol. The van der Waals surface area contributed by atoms with Gasteiger partial charge in [0.2, 0.25) is 5.91 Å². The summed E-state index contributed by atoms with van der Waals surface area (Å²) in [4.78, 5) is 15.1. The van der Waals surface area contributed by atoms with Crippen LogP contribution in [0.3, 0.4) is 0 Å². The Bertz CT molecular complexity index is 818. The number of hydrogen-bond donors (Lipinski definition) is 1. The lowest BCUT2D eigenvalue weighted by atomic mass is 9.96. The highest BCUT2D eigenvalue weighted by Gasteiger charge is 2.26. The number of nitrogens with one attached hydrogen (secondary N) is 1. The van der Waals surface area contributed by atoms with Crippen LogP contribution in [0.4, 0.5) is 5.69 Å². The van der Waals surface area contributed by atoms with Gasteiger partial charge in [-0.05, 0) is 81.0 Å². The van der Waals surface area contributed by atoms with Crippen LogP contribution in [0.2, 0.25) is 5.02 Å². The highest BCUT2D eigenvalue weighted by molar-refractivity contribution is 6.31. The maximum absolute atomic E-state index is 12.8. The summed E-state index contributed by atoms with van der Waals surface area (Å²) in [7, 11) is 0. The molecule has 1 atom stereocenters. The Morgan fingerprint density at radius 3 is 2.55 bits per heavy atom. The van der Waals surface area contributed by atoms with Gasteiger partial charge in [-0.2, -0.15) is 0 Å². The number of anilines is 1. The summed E-state index contributed by atoms with van der Waals surface area (Å²) >= 11 is 6.30. The molecule has 1 N–H and O–H groups in total. The van der Waals surface area contributed by atoms with Crippen LogP contribution < -0.4 is 10.1 Å². The first-order valence-electron chi connectivity index (χ1n) is 10.7. The summed E-state index contributed by atoms with van der Waals surface area (Å²) in [6.07, 6.45) is 7.10. The second kappa shape index (κ2) is 9.64. The number of nitrogens with zero attached hydrogens (tertiary/aromatic N) is 1. The van der Waals surface area contributed by atoms with Crippen LogP contribution in [0.25, 0.3) is 0 Å². The molecule has 29 heavy (non-hydrogen) atoms. The molecule has 1 heterocycles. The topological polar surface area (TPSA) is 41.6 Å². The third-order valence-electron chi connectivity index (χ3n) is 5.95. The van der Waals surface area contributed by atoms with E-state index in [2.05, 4.69) is 16.3 Å². The Labute approximate surface area is 178 Å². The minimum Gasteiger partial charge on any atom is -0.490 e. The molecule has 2 aliphatic rings. The van der Waals surface area contributed by atoms with Crippen LogP contribution in [-0.2, 0) is 11.3 Å². The zero-order chi connectivity index (χ0) is 20.1. The maximum Gasteiger partial charge on any atom is 0.228 e. The van der Waals surface area contributed by atoms with Crippen LogP contribution in [0.15, 0.2) is 48.5 Å². The van der Waals surface area contributed by atoms with E-state index in [1.807, 2.05) is 42.5 Å². The number of amides is 1. The number of rotatable bonds is 6. The lowest BCUT2D eigenvalue weighted by Gasteiger charge is -2.32. The summed E-state index contributed by atoms with van der Waals surface area (Å²) in [5, 5.41) is 3.87. The van der Waals surface area contributed by atoms with Crippen molar-refractivity contribution in [2.24, 2.45) is 5.92 Å². The van der Waals surface area contributed by atoms with Crippen LogP contribution in [0.5, 0.6) is 5.75 Å². The van der Waals surface area contributed by atoms with E-state index in [1.54, 1.807) is 0 Å². The number of piperidine rings is 1. The zero-order valence-corrected chi connectivity index (χ0v) is 17.5. The average Bonchev–Trinajstić information content (AvgIpc) is 3.24. The van der Waals surface area contributed by atoms with Crippen molar-refractivity contribution in [3.63, 3.8) is 0 Å². The Hall–Kier alpha value is -2.04. The van der Waals surface area contributed by atoms with Gasteiger partial charge in [-0.25, -0.2) is 0 Å². The van der Waals surface area contributed by atoms with Crippen molar-refractivity contribution in [1.82, 2.24) is 4.90 Å². The molecule has 1 saturated heterocycles. The molecule has 1 aliphatic heterocycles. The SMILES string of the molecule is O=C(Nc1ccc(OC2CCCC2)cc1)[C@@H]1CCCN(Cc2ccccc2Cl)C1. The average molecular weight is 413 g/mol. The van der Waals surface area contributed by atoms with Gasteiger partial charge in [-0.1, -0.05) is 29.8 Å². The van der Waals surface area contributed by atoms with E-state index in [1.165, 1.54) is 12.8 Å². The summed E-state index contributed by atoms with van der Waals surface area (Å²) in [6, 6.07) is 15.7. The summed E-state index contributed by atoms with van der Waals surface area (Å²) in [6.45, 7) is 2.55. The van der Waals surface area contributed by atoms with E-state index in [-0.39, 0.29) is 11.8 Å². The fourth-order valence-electron chi connectivity index (χ4n) is 4.34. The molecule has 2 aromatic carbocycles. The highest BCUT2D eigenvalue weighted by atomic mass is 35.5. The van der Waals surface area contributed by atoms with Crippen molar-refractivity contribution in [2.75, 3.05) is 18.4 Å². The number of ether oxygens (including phenoxy) is 1. The molecule has 4 rings (SSSR count). The highest BCUT2D eigenvalue weighted by Crippen LogP contribution is 2.26. The molecule has 1 aliphatic carbocycles. The number of likely N-dealkylation sites (tertiary alicyclic amines) is 1. The lowest BCUT2D eigenvalue weighted by Crippen LogP contribution is -2.40. The monoisotopic (exact) mass is 412 g/mol. The third kappa shape index (κ3) is 5.52. The van der Waals surface area contributed by atoms with Crippen LogP contribution in [-0.4, -0.2) is 30.0 Å². The fourth-order valence-corrected chi connectivity index (χ4v) is 4.54. The van der Waals surface area contributed by atoms with Gasteiger partial charge in [-0.3, -0.25) is 9.69 Å². The molecule has 0 aromatic heterocycles. The van der Waals surface area contributed by atoms with Gasteiger partial charge < -0.3 is 10.1 Å². The Kier molecular flexibility index (Phi) is 6.73. The van der Waals surface area contributed by atoms with Crippen molar-refractivity contribution in [1.29, 1.82) is 0 Å². The Morgan fingerprint density at radius 2 is 1.79 bits per heavy atom. The fraction of sp³-hybridized carbons (Fsp3) is 0.458. The van der Waals surface area contributed by atoms with Crippen molar-refractivity contribution in [3.8, 4) is 5.75 Å². The van der Waals surface area contributed by atoms with Gasteiger partial charge in [0.25, 0.3) is 0 Å². The number of halogens is 1. The van der Waals surface area contributed by atoms with Gasteiger partial charge in [0, 0.05) is 23.8 Å². The van der Waals surface area contributed by atoms with E-state index >= 15 is 0 Å². The molecule has 5 heteroatoms. The summed E-state index contributed by atoms with van der Waals surface area (Å²) in [5.74, 6) is 0.984. The molecule has 1 amide bonds. The van der Waals surface area contributed by atoms with Crippen molar-refractivity contribution in [2.45, 2.75) is 51.2 Å². The molecule has 154 valence electrons. The zero-order valence-electron chi connectivity index (χ0n) is 16.8. The van der Waals surface area contributed by atoms with Gasteiger partial charge in [0.05, 0.1) is 12.0 Å². The van der Waals surface area contributed by atoms with Crippen molar-refractivity contribution < 1.29 is 9.53 Å². The molecule has 4 nitrogen and oxygen atoms in total. The number of carbonyl (C=O) groups excluding carboxylic acids is 1. The van der Waals surface area contributed by atoms with Crippen LogP contribution >= 0.6 is 11.6 Å². The minimum atomic E-state index is 0.000605. The van der Waals surface area contributed by atoms with Crippen molar-refractivity contribution >= 4 is 23.2 Å². The quantitative estimate of drug-likeness (QED) is 0.679. The van der Waals surface area contributed by atoms with E-state index in [9.17, 15) is 4.79 Å². The molecule has 2 fully saturated rings. The molecular formula is C24H29ClN2O2. The van der Waals surface area contributed by atoms with Gasteiger partial charge in [0.1, 0.15) is 5.75 Å². The molecule has 0 unspecified atom stereocenters. The normalized spacial score (nSPS) is 20.5. The summed E-state index contributed by atoms with van der Waals surface area (Å²) in [5.41, 5.74) is 1.95. The first-order valence-corrected chi connectivity index (χ1v) is 11.1. The Morgan fingerprint density at radius 1 is 1.03 bits per heavy atom. The summed E-state index contributed by atoms with van der Waals surface area (Å²) < 4.78 is 6.00. The second-order valence-corrected chi connectivity index (χ2v) is 8.61. The van der Waals surface area contributed by atoms with Gasteiger partial charge in [-0.15, -0.1) is 0 Å². The molecule has 0 radical (unpaired) electrons. The standard InChI is InChI=1S/C24H29ClN2O2/c25-23-10-4-1-6-18(23)16-27-15-5-7-19(17-27)24(28)26-20-11-13-22(14-12-20)29-21-8-2-3-9-21/h1,4,6,10-14,19,21H,2-3,5,7-9,15-17H2,(H,26,28)/t19-/m1/s1. The predicted molar refractivity (Wildman–Crippen MR) is 117 cm³/mol. The van der Waals surface area contributed by atoms with Gasteiger partial charge in [0.15, 0.2) is 0 Å². The van der Waals surface area contributed by atoms with Crippen LogP contribution in [0, 0.1) is 5.92 Å². The van der Waals surface area contributed by atoms with E-state index in [0.717, 1.165) is 67.3 Å². The largest absolute Gasteiger partial charge is 0.490 e. The predicted octanol–water partition coefficient (Wildman–Crippen LogP) is 5.51. The minimum absolute atomic E-state index is 0.000605. The molecule has 0 spiro atoms.